The minimum absolute atomic E-state index is 0.138. The van der Waals surface area contributed by atoms with E-state index in [-0.39, 0.29) is 16.6 Å². The van der Waals surface area contributed by atoms with Crippen LogP contribution in [0.15, 0.2) is 65.5 Å². The van der Waals surface area contributed by atoms with Crippen LogP contribution in [0.5, 0.6) is 0 Å². The highest BCUT2D eigenvalue weighted by Crippen LogP contribution is 2.31. The van der Waals surface area contributed by atoms with Gasteiger partial charge >= 0.3 is 6.18 Å². The molecule has 0 fully saturated rings. The van der Waals surface area contributed by atoms with Gasteiger partial charge in [-0.25, -0.2) is 4.39 Å². The van der Waals surface area contributed by atoms with Gasteiger partial charge in [0.05, 0.1) is 27.8 Å². The van der Waals surface area contributed by atoms with Crippen LogP contribution in [-0.4, -0.2) is 15.7 Å². The summed E-state index contributed by atoms with van der Waals surface area (Å²) in [5.41, 5.74) is -1.35. The summed E-state index contributed by atoms with van der Waals surface area (Å²) in [6.45, 7) is 0. The molecule has 0 saturated carbocycles. The summed E-state index contributed by atoms with van der Waals surface area (Å²) < 4.78 is 54.0. The predicted molar refractivity (Wildman–Crippen MR) is 108 cm³/mol. The van der Waals surface area contributed by atoms with Crippen LogP contribution in [0.3, 0.4) is 0 Å². The minimum atomic E-state index is -4.81. The van der Waals surface area contributed by atoms with Gasteiger partial charge in [0.15, 0.2) is 0 Å². The molecule has 4 rings (SSSR count). The number of nitrogens with zero attached hydrogens (tertiary/aromatic N) is 1. The Balaban J connectivity index is 1.80. The molecule has 4 aromatic rings. The number of H-pyrrole nitrogens is 1. The molecule has 0 aliphatic heterocycles. The lowest BCUT2D eigenvalue weighted by atomic mass is 10.1. The number of aromatic amines is 1. The molecule has 2 N–H and O–H groups in total. The van der Waals surface area contributed by atoms with Crippen LogP contribution in [0.2, 0.25) is 5.02 Å². The lowest BCUT2D eigenvalue weighted by Gasteiger charge is -2.12. The van der Waals surface area contributed by atoms with Gasteiger partial charge in [-0.3, -0.25) is 19.4 Å². The molecule has 158 valence electrons. The standard InChI is InChI=1S/C21H12ClF4N3O2/c22-13-3-1-4-15(10-13)29-18-16(20(31)28-29)5-2-6-17(18)27-19(30)11-7-12(21(24,25)26)9-14(23)8-11/h1-10H,(H,27,30)(H,28,31). The number of carbonyl (C=O) groups excluding carboxylic acids is 1. The van der Waals surface area contributed by atoms with Crippen molar-refractivity contribution in [2.24, 2.45) is 0 Å². The van der Waals surface area contributed by atoms with Crippen molar-refractivity contribution in [3.05, 3.63) is 93.0 Å². The number of anilines is 1. The number of aromatic nitrogens is 2. The third-order valence-electron chi connectivity index (χ3n) is 4.52. The van der Waals surface area contributed by atoms with Crippen LogP contribution in [0.1, 0.15) is 15.9 Å². The van der Waals surface area contributed by atoms with Crippen molar-refractivity contribution >= 4 is 34.1 Å². The number of hydrogen-bond donors (Lipinski definition) is 2. The second kappa shape index (κ2) is 7.59. The quantitative estimate of drug-likeness (QED) is 0.412. The van der Waals surface area contributed by atoms with Crippen molar-refractivity contribution in [3.8, 4) is 5.69 Å². The Labute approximate surface area is 176 Å². The van der Waals surface area contributed by atoms with E-state index >= 15 is 0 Å². The first-order valence-corrected chi connectivity index (χ1v) is 9.20. The molecule has 1 aromatic heterocycles. The maximum absolute atomic E-state index is 13.7. The van der Waals surface area contributed by atoms with Gasteiger partial charge in [0.25, 0.3) is 11.5 Å². The largest absolute Gasteiger partial charge is 0.416 e. The van der Waals surface area contributed by atoms with Crippen molar-refractivity contribution in [3.63, 3.8) is 0 Å². The second-order valence-electron chi connectivity index (χ2n) is 6.64. The Bertz CT molecular complexity index is 1380. The molecule has 0 radical (unpaired) electrons. The van der Waals surface area contributed by atoms with E-state index in [4.69, 9.17) is 11.6 Å². The summed E-state index contributed by atoms with van der Waals surface area (Å²) in [4.78, 5) is 25.0. The van der Waals surface area contributed by atoms with Crippen molar-refractivity contribution in [2.75, 3.05) is 5.32 Å². The number of benzene rings is 3. The number of para-hydroxylation sites is 1. The van der Waals surface area contributed by atoms with E-state index in [1.807, 2.05) is 0 Å². The molecule has 1 heterocycles. The Morgan fingerprint density at radius 1 is 1.03 bits per heavy atom. The van der Waals surface area contributed by atoms with Gasteiger partial charge in [-0.1, -0.05) is 23.7 Å². The van der Waals surface area contributed by atoms with E-state index in [0.717, 1.165) is 0 Å². The highest BCUT2D eigenvalue weighted by molar-refractivity contribution is 6.30. The smallest absolute Gasteiger partial charge is 0.320 e. The maximum Gasteiger partial charge on any atom is 0.416 e. The summed E-state index contributed by atoms with van der Waals surface area (Å²) in [5, 5.41) is 5.72. The summed E-state index contributed by atoms with van der Waals surface area (Å²) in [6.07, 6.45) is -4.81. The van der Waals surface area contributed by atoms with E-state index in [0.29, 0.717) is 28.9 Å². The number of fused-ring (bicyclic) bond motifs is 1. The number of amides is 1. The van der Waals surface area contributed by atoms with E-state index in [1.165, 1.54) is 22.9 Å². The lowest BCUT2D eigenvalue weighted by Crippen LogP contribution is -2.15. The molecule has 0 saturated heterocycles. The molecule has 1 amide bonds. The Kier molecular flexibility index (Phi) is 5.06. The second-order valence-corrected chi connectivity index (χ2v) is 7.07. The number of nitrogens with one attached hydrogen (secondary N) is 2. The first kappa shape index (κ1) is 20.7. The predicted octanol–water partition coefficient (Wildman–Crippen LogP) is 5.38. The number of alkyl halides is 3. The number of hydrogen-bond acceptors (Lipinski definition) is 2. The third-order valence-corrected chi connectivity index (χ3v) is 4.75. The molecule has 0 atom stereocenters. The SMILES string of the molecule is O=C(Nc1cccc2c(=O)[nH]n(-c3cccc(Cl)c3)c12)c1cc(F)cc(C(F)(F)F)c1. The highest BCUT2D eigenvalue weighted by atomic mass is 35.5. The Hall–Kier alpha value is -3.59. The molecule has 0 aliphatic rings. The van der Waals surface area contributed by atoms with Gasteiger partial charge in [-0.15, -0.1) is 0 Å². The Morgan fingerprint density at radius 2 is 1.77 bits per heavy atom. The van der Waals surface area contributed by atoms with Crippen LogP contribution >= 0.6 is 11.6 Å². The zero-order chi connectivity index (χ0) is 22.3. The highest BCUT2D eigenvalue weighted by Gasteiger charge is 2.32. The van der Waals surface area contributed by atoms with Crippen LogP contribution in [0.25, 0.3) is 16.6 Å². The van der Waals surface area contributed by atoms with Crippen molar-refractivity contribution in [1.29, 1.82) is 0 Å². The van der Waals surface area contributed by atoms with Gasteiger partial charge in [0, 0.05) is 10.6 Å². The van der Waals surface area contributed by atoms with Crippen molar-refractivity contribution in [2.45, 2.75) is 6.18 Å². The fourth-order valence-electron chi connectivity index (χ4n) is 3.17. The lowest BCUT2D eigenvalue weighted by molar-refractivity contribution is -0.137. The van der Waals surface area contributed by atoms with Crippen LogP contribution in [0.4, 0.5) is 23.2 Å². The number of carbonyl (C=O) groups is 1. The molecule has 0 aliphatic carbocycles. The molecule has 10 heteroatoms. The fraction of sp³-hybridized carbons (Fsp3) is 0.0476. The average Bonchev–Trinajstić information content (AvgIpc) is 3.05. The summed E-state index contributed by atoms with van der Waals surface area (Å²) >= 11 is 6.02. The molecule has 0 spiro atoms. The van der Waals surface area contributed by atoms with Crippen molar-refractivity contribution < 1.29 is 22.4 Å². The summed E-state index contributed by atoms with van der Waals surface area (Å²) in [5.74, 6) is -2.17. The van der Waals surface area contributed by atoms with E-state index in [2.05, 4.69) is 10.4 Å². The third kappa shape index (κ3) is 4.04. The number of halogens is 5. The van der Waals surface area contributed by atoms with Crippen molar-refractivity contribution in [1.82, 2.24) is 9.78 Å². The van der Waals surface area contributed by atoms with E-state index in [9.17, 15) is 27.2 Å². The fourth-order valence-corrected chi connectivity index (χ4v) is 3.36. The average molecular weight is 450 g/mol. The van der Waals surface area contributed by atoms with Crippen LogP contribution < -0.4 is 10.9 Å². The molecule has 31 heavy (non-hydrogen) atoms. The molecule has 0 unspecified atom stereocenters. The zero-order valence-corrected chi connectivity index (χ0v) is 16.2. The van der Waals surface area contributed by atoms with Crippen LogP contribution in [0, 0.1) is 5.82 Å². The topological polar surface area (TPSA) is 66.9 Å². The van der Waals surface area contributed by atoms with E-state index < -0.39 is 34.6 Å². The molecule has 3 aromatic carbocycles. The molecular weight excluding hydrogens is 438 g/mol. The zero-order valence-electron chi connectivity index (χ0n) is 15.4. The summed E-state index contributed by atoms with van der Waals surface area (Å²) in [7, 11) is 0. The number of rotatable bonds is 3. The van der Waals surface area contributed by atoms with Gasteiger partial charge in [-0.2, -0.15) is 13.2 Å². The van der Waals surface area contributed by atoms with Gasteiger partial charge < -0.3 is 5.32 Å². The monoisotopic (exact) mass is 449 g/mol. The molecule has 0 bridgehead atoms. The van der Waals surface area contributed by atoms with Crippen LogP contribution in [-0.2, 0) is 6.18 Å². The first-order valence-electron chi connectivity index (χ1n) is 8.82. The van der Waals surface area contributed by atoms with E-state index in [1.54, 1.807) is 24.3 Å². The first-order chi connectivity index (χ1) is 14.6. The molecule has 5 nitrogen and oxygen atoms in total. The normalized spacial score (nSPS) is 11.6. The molecular formula is C21H12ClF4N3O2. The Morgan fingerprint density at radius 3 is 2.48 bits per heavy atom. The maximum atomic E-state index is 13.7. The van der Waals surface area contributed by atoms with Gasteiger partial charge in [-0.05, 0) is 48.5 Å². The summed E-state index contributed by atoms with van der Waals surface area (Å²) in [6, 6.07) is 12.6. The van der Waals surface area contributed by atoms with Gasteiger partial charge in [0.1, 0.15) is 5.82 Å². The van der Waals surface area contributed by atoms with Gasteiger partial charge in [0.2, 0.25) is 0 Å². The minimum Gasteiger partial charge on any atom is -0.320 e.